The summed E-state index contributed by atoms with van der Waals surface area (Å²) in [6, 6.07) is -1.57. The molecule has 3 amide bonds. The van der Waals surface area contributed by atoms with Crippen molar-refractivity contribution >= 4 is 23.7 Å². The zero-order valence-electron chi connectivity index (χ0n) is 15.3. The van der Waals surface area contributed by atoms with Crippen molar-refractivity contribution < 1.29 is 24.3 Å². The van der Waals surface area contributed by atoms with E-state index >= 15 is 0 Å². The third-order valence-corrected chi connectivity index (χ3v) is 3.71. The number of carbonyl (C=O) groups excluding carboxylic acids is 3. The topological polar surface area (TPSA) is 151 Å². The highest BCUT2D eigenvalue weighted by Crippen LogP contribution is 2.08. The number of hydrogen-bond acceptors (Lipinski definition) is 5. The molecule has 0 radical (unpaired) electrons. The maximum absolute atomic E-state index is 12.1. The van der Waals surface area contributed by atoms with Crippen molar-refractivity contribution in [2.45, 2.75) is 52.6 Å². The predicted molar refractivity (Wildman–Crippen MR) is 92.5 cm³/mol. The fraction of sp³-hybridized carbons (Fsp3) is 0.750. The highest BCUT2D eigenvalue weighted by atomic mass is 16.4. The maximum atomic E-state index is 12.1. The SMILES string of the molecule is CCC(C)C(NC(=O)CNC(=O)C(N)CC(C)C)C(=O)NCC(=O)O. The zero-order chi connectivity index (χ0) is 19.6. The van der Waals surface area contributed by atoms with E-state index in [0.717, 1.165) is 0 Å². The van der Waals surface area contributed by atoms with Crippen molar-refractivity contribution in [3.8, 4) is 0 Å². The molecule has 0 fully saturated rings. The summed E-state index contributed by atoms with van der Waals surface area (Å²) < 4.78 is 0. The first-order valence-corrected chi connectivity index (χ1v) is 8.40. The van der Waals surface area contributed by atoms with E-state index in [1.807, 2.05) is 20.8 Å². The van der Waals surface area contributed by atoms with Crippen molar-refractivity contribution in [1.82, 2.24) is 16.0 Å². The van der Waals surface area contributed by atoms with Gasteiger partial charge in [0.2, 0.25) is 17.7 Å². The minimum absolute atomic E-state index is 0.198. The van der Waals surface area contributed by atoms with Gasteiger partial charge in [-0.1, -0.05) is 34.1 Å². The quantitative estimate of drug-likeness (QED) is 0.326. The van der Waals surface area contributed by atoms with Crippen LogP contribution in [-0.2, 0) is 19.2 Å². The van der Waals surface area contributed by atoms with E-state index in [-0.39, 0.29) is 18.4 Å². The Morgan fingerprint density at radius 1 is 1.00 bits per heavy atom. The molecule has 0 saturated carbocycles. The standard InChI is InChI=1S/C16H30N4O5/c1-5-10(4)14(16(25)19-8-13(22)23)20-12(21)7-18-15(24)11(17)6-9(2)3/h9-11,14H,5-8,17H2,1-4H3,(H,18,24)(H,19,25)(H,20,21)(H,22,23). The average Bonchev–Trinajstić information content (AvgIpc) is 2.53. The van der Waals surface area contributed by atoms with Gasteiger partial charge in [-0.3, -0.25) is 19.2 Å². The Morgan fingerprint density at radius 3 is 2.04 bits per heavy atom. The summed E-state index contributed by atoms with van der Waals surface area (Å²) in [5, 5.41) is 15.8. The first-order valence-electron chi connectivity index (χ1n) is 8.40. The molecule has 3 unspecified atom stereocenters. The van der Waals surface area contributed by atoms with Crippen LogP contribution >= 0.6 is 0 Å². The first kappa shape index (κ1) is 22.8. The van der Waals surface area contributed by atoms with Gasteiger partial charge in [-0.2, -0.15) is 0 Å². The Kier molecular flexibility index (Phi) is 10.4. The van der Waals surface area contributed by atoms with E-state index in [0.29, 0.717) is 12.8 Å². The lowest BCUT2D eigenvalue weighted by Crippen LogP contribution is -2.53. The minimum Gasteiger partial charge on any atom is -0.480 e. The molecule has 0 aliphatic carbocycles. The van der Waals surface area contributed by atoms with Crippen LogP contribution in [0.4, 0.5) is 0 Å². The highest BCUT2D eigenvalue weighted by molar-refractivity contribution is 5.92. The lowest BCUT2D eigenvalue weighted by atomic mass is 9.98. The molecular weight excluding hydrogens is 328 g/mol. The largest absolute Gasteiger partial charge is 0.480 e. The van der Waals surface area contributed by atoms with Crippen molar-refractivity contribution in [1.29, 1.82) is 0 Å². The molecule has 0 rings (SSSR count). The number of carboxylic acids is 1. The number of aliphatic carboxylic acids is 1. The number of nitrogens with one attached hydrogen (secondary N) is 3. The second-order valence-electron chi connectivity index (χ2n) is 6.50. The van der Waals surface area contributed by atoms with Gasteiger partial charge in [-0.15, -0.1) is 0 Å². The lowest BCUT2D eigenvalue weighted by molar-refractivity contribution is -0.138. The van der Waals surface area contributed by atoms with Gasteiger partial charge >= 0.3 is 5.97 Å². The van der Waals surface area contributed by atoms with Gasteiger partial charge in [0.1, 0.15) is 12.6 Å². The van der Waals surface area contributed by atoms with Crippen LogP contribution in [0.3, 0.4) is 0 Å². The Balaban J connectivity index is 4.59. The van der Waals surface area contributed by atoms with E-state index in [4.69, 9.17) is 10.8 Å². The molecule has 0 spiro atoms. The molecule has 0 aliphatic rings. The molecule has 9 heteroatoms. The van der Waals surface area contributed by atoms with Gasteiger partial charge < -0.3 is 26.8 Å². The van der Waals surface area contributed by atoms with E-state index in [1.54, 1.807) is 6.92 Å². The summed E-state index contributed by atoms with van der Waals surface area (Å²) in [6.45, 7) is 6.66. The fourth-order valence-electron chi connectivity index (χ4n) is 2.11. The molecule has 0 bridgehead atoms. The van der Waals surface area contributed by atoms with Crippen molar-refractivity contribution in [3.05, 3.63) is 0 Å². The second-order valence-corrected chi connectivity index (χ2v) is 6.50. The van der Waals surface area contributed by atoms with Gasteiger partial charge in [0.25, 0.3) is 0 Å². The minimum atomic E-state index is -1.17. The molecule has 9 nitrogen and oxygen atoms in total. The van der Waals surface area contributed by atoms with Crippen LogP contribution in [0.15, 0.2) is 0 Å². The molecule has 0 aliphatic heterocycles. The average molecular weight is 358 g/mol. The first-order chi connectivity index (χ1) is 11.6. The number of carboxylic acid groups (broad SMARTS) is 1. The molecule has 3 atom stereocenters. The summed E-state index contributed by atoms with van der Waals surface area (Å²) >= 11 is 0. The molecular formula is C16H30N4O5. The number of carbonyl (C=O) groups is 4. The monoisotopic (exact) mass is 358 g/mol. The number of amides is 3. The number of nitrogens with two attached hydrogens (primary N) is 1. The molecule has 6 N–H and O–H groups in total. The Hall–Kier alpha value is -2.16. The van der Waals surface area contributed by atoms with Crippen LogP contribution in [0.2, 0.25) is 0 Å². The third kappa shape index (κ3) is 9.65. The molecule has 144 valence electrons. The van der Waals surface area contributed by atoms with Crippen molar-refractivity contribution in [3.63, 3.8) is 0 Å². The zero-order valence-corrected chi connectivity index (χ0v) is 15.3. The fourth-order valence-corrected chi connectivity index (χ4v) is 2.11. The van der Waals surface area contributed by atoms with Crippen LogP contribution < -0.4 is 21.7 Å². The van der Waals surface area contributed by atoms with Crippen molar-refractivity contribution in [2.75, 3.05) is 13.1 Å². The molecule has 0 heterocycles. The normalized spacial score (nSPS) is 14.3. The summed E-state index contributed by atoms with van der Waals surface area (Å²) in [4.78, 5) is 46.4. The number of hydrogen-bond donors (Lipinski definition) is 5. The summed E-state index contributed by atoms with van der Waals surface area (Å²) in [5.41, 5.74) is 5.73. The molecule has 0 saturated heterocycles. The summed E-state index contributed by atoms with van der Waals surface area (Å²) in [7, 11) is 0. The van der Waals surface area contributed by atoms with Crippen molar-refractivity contribution in [2.24, 2.45) is 17.6 Å². The van der Waals surface area contributed by atoms with Gasteiger partial charge in [0.15, 0.2) is 0 Å². The summed E-state index contributed by atoms with van der Waals surface area (Å²) in [6.07, 6.45) is 1.11. The van der Waals surface area contributed by atoms with Crippen LogP contribution in [0, 0.1) is 11.8 Å². The van der Waals surface area contributed by atoms with Crippen LogP contribution in [0.5, 0.6) is 0 Å². The predicted octanol–water partition coefficient (Wildman–Crippen LogP) is -0.792. The van der Waals surface area contributed by atoms with Crippen LogP contribution in [-0.4, -0.2) is 54.0 Å². The Morgan fingerprint density at radius 2 is 1.56 bits per heavy atom. The molecule has 0 aromatic heterocycles. The second kappa shape index (κ2) is 11.4. The summed E-state index contributed by atoms with van der Waals surface area (Å²) in [5.74, 6) is -2.67. The molecule has 0 aromatic carbocycles. The highest BCUT2D eigenvalue weighted by Gasteiger charge is 2.26. The van der Waals surface area contributed by atoms with Gasteiger partial charge in [0.05, 0.1) is 12.6 Å². The smallest absolute Gasteiger partial charge is 0.322 e. The third-order valence-electron chi connectivity index (χ3n) is 3.71. The molecule has 0 aromatic rings. The van der Waals surface area contributed by atoms with Gasteiger partial charge in [0, 0.05) is 0 Å². The van der Waals surface area contributed by atoms with Crippen LogP contribution in [0.1, 0.15) is 40.5 Å². The van der Waals surface area contributed by atoms with E-state index < -0.39 is 42.3 Å². The van der Waals surface area contributed by atoms with Gasteiger partial charge in [-0.25, -0.2) is 0 Å². The maximum Gasteiger partial charge on any atom is 0.322 e. The Labute approximate surface area is 148 Å². The Bertz CT molecular complexity index is 481. The molecule has 25 heavy (non-hydrogen) atoms. The lowest BCUT2D eigenvalue weighted by Gasteiger charge is -2.23. The number of rotatable bonds is 11. The van der Waals surface area contributed by atoms with E-state index in [2.05, 4.69) is 16.0 Å². The van der Waals surface area contributed by atoms with E-state index in [9.17, 15) is 19.2 Å². The van der Waals surface area contributed by atoms with Crippen LogP contribution in [0.25, 0.3) is 0 Å². The van der Waals surface area contributed by atoms with Gasteiger partial charge in [-0.05, 0) is 18.3 Å². The van der Waals surface area contributed by atoms with E-state index in [1.165, 1.54) is 0 Å².